The van der Waals surface area contributed by atoms with Crippen LogP contribution in [0.2, 0.25) is 0 Å². The van der Waals surface area contributed by atoms with Crippen LogP contribution in [0.25, 0.3) is 87.1 Å². The average Bonchev–Trinajstić information content (AvgIpc) is 3.96. The van der Waals surface area contributed by atoms with Gasteiger partial charge in [-0.1, -0.05) is 135 Å². The number of benzene rings is 7. The van der Waals surface area contributed by atoms with Crippen molar-refractivity contribution >= 4 is 104 Å². The van der Waals surface area contributed by atoms with Crippen molar-refractivity contribution in [2.75, 3.05) is 4.90 Å². The Morgan fingerprint density at radius 1 is 0.410 bits per heavy atom. The highest BCUT2D eigenvalue weighted by atomic mass is 15.2. The second-order valence-electron chi connectivity index (χ2n) is 20.6. The minimum absolute atomic E-state index is 0.0478. The normalized spacial score (nSPS) is 13.3. The first kappa shape index (κ1) is 36.2. The van der Waals surface area contributed by atoms with E-state index in [4.69, 9.17) is 4.98 Å². The minimum Gasteiger partial charge on any atom is -0.308 e. The second-order valence-corrected chi connectivity index (χ2v) is 20.6. The van der Waals surface area contributed by atoms with Crippen LogP contribution in [0, 0.1) is 0 Å². The molecule has 0 aliphatic heterocycles. The number of rotatable bonds is 3. The molecule has 61 heavy (non-hydrogen) atoms. The molecule has 0 unspecified atom stereocenters. The van der Waals surface area contributed by atoms with Crippen LogP contribution in [0.4, 0.5) is 17.1 Å². The lowest BCUT2D eigenvalue weighted by atomic mass is 9.83. The molecule has 4 nitrogen and oxygen atoms in total. The first-order valence-electron chi connectivity index (χ1n) is 21.8. The third-order valence-electron chi connectivity index (χ3n) is 13.6. The van der Waals surface area contributed by atoms with Crippen LogP contribution in [0.5, 0.6) is 0 Å². The maximum Gasteiger partial charge on any atom is 0.146 e. The molecule has 0 saturated heterocycles. The molecule has 7 aromatic carbocycles. The molecule has 0 radical (unpaired) electrons. The van der Waals surface area contributed by atoms with Crippen molar-refractivity contribution in [1.29, 1.82) is 0 Å². The van der Waals surface area contributed by atoms with Crippen LogP contribution in [0.3, 0.4) is 0 Å². The summed E-state index contributed by atoms with van der Waals surface area (Å²) in [4.78, 5) is 8.09. The highest BCUT2D eigenvalue weighted by molar-refractivity contribution is 6.36. The number of fused-ring (bicyclic) bond motifs is 15. The fraction of sp³-hybridized carbons (Fsp3) is 0.211. The van der Waals surface area contributed by atoms with Gasteiger partial charge in [0.2, 0.25) is 0 Å². The number of hydrogen-bond acceptors (Lipinski definition) is 2. The van der Waals surface area contributed by atoms with E-state index in [-0.39, 0.29) is 16.2 Å². The Kier molecular flexibility index (Phi) is 7.13. The van der Waals surface area contributed by atoms with E-state index in [1.807, 2.05) is 0 Å². The molecule has 4 heteroatoms. The number of nitrogens with zero attached hydrogens (tertiary/aromatic N) is 4. The molecule has 298 valence electrons. The molecular weight excluding hydrogens is 741 g/mol. The number of hydrogen-bond donors (Lipinski definition) is 0. The lowest BCUT2D eigenvalue weighted by molar-refractivity contribution is 0.591. The van der Waals surface area contributed by atoms with Crippen LogP contribution < -0.4 is 4.90 Å². The van der Waals surface area contributed by atoms with Crippen LogP contribution in [-0.4, -0.2) is 13.8 Å². The van der Waals surface area contributed by atoms with Gasteiger partial charge in [-0.2, -0.15) is 0 Å². The van der Waals surface area contributed by atoms with Crippen molar-refractivity contribution in [2.45, 2.75) is 78.6 Å². The Bertz CT molecular complexity index is 3690. The van der Waals surface area contributed by atoms with Gasteiger partial charge in [0, 0.05) is 59.9 Å². The summed E-state index contributed by atoms with van der Waals surface area (Å²) >= 11 is 0. The lowest BCUT2D eigenvalue weighted by Gasteiger charge is -2.29. The first-order chi connectivity index (χ1) is 29.2. The molecule has 5 aromatic heterocycles. The SMILES string of the molecule is CC(C)(C)c1cc(N(c2ccccc2)c2ccccc2)c2c(c1)c1cc(C(C)(C)C)cc3c4c5c6cc(C(C)(C)C)cc7c8ccc9ccccc9c8n(c5cnc4n2c13)c76. The van der Waals surface area contributed by atoms with Crippen molar-refractivity contribution in [3.63, 3.8) is 0 Å². The van der Waals surface area contributed by atoms with Crippen molar-refractivity contribution in [3.8, 4) is 0 Å². The maximum absolute atomic E-state index is 5.63. The molecular formula is C57H50N4. The van der Waals surface area contributed by atoms with Gasteiger partial charge in [-0.05, 0) is 99.0 Å². The molecule has 0 saturated carbocycles. The molecule has 0 spiro atoms. The Hall–Kier alpha value is -6.65. The van der Waals surface area contributed by atoms with E-state index in [1.54, 1.807) is 0 Å². The third kappa shape index (κ3) is 4.96. The van der Waals surface area contributed by atoms with Gasteiger partial charge in [0.05, 0.1) is 39.5 Å². The van der Waals surface area contributed by atoms with E-state index in [9.17, 15) is 0 Å². The monoisotopic (exact) mass is 790 g/mol. The van der Waals surface area contributed by atoms with Gasteiger partial charge < -0.3 is 9.30 Å². The van der Waals surface area contributed by atoms with Crippen molar-refractivity contribution in [1.82, 2.24) is 13.8 Å². The Balaban J connectivity index is 1.35. The van der Waals surface area contributed by atoms with E-state index in [2.05, 4.69) is 216 Å². The molecule has 0 N–H and O–H groups in total. The molecule has 12 rings (SSSR count). The van der Waals surface area contributed by atoms with Crippen LogP contribution >= 0.6 is 0 Å². The van der Waals surface area contributed by atoms with Crippen LogP contribution in [0.15, 0.2) is 140 Å². The van der Waals surface area contributed by atoms with Crippen molar-refractivity contribution < 1.29 is 0 Å². The third-order valence-corrected chi connectivity index (χ3v) is 13.6. The summed E-state index contributed by atoms with van der Waals surface area (Å²) in [5.74, 6) is 0. The van der Waals surface area contributed by atoms with Crippen molar-refractivity contribution in [2.24, 2.45) is 0 Å². The number of aromatic nitrogens is 3. The summed E-state index contributed by atoms with van der Waals surface area (Å²) in [6.45, 7) is 21.1. The fourth-order valence-corrected chi connectivity index (χ4v) is 10.4. The largest absolute Gasteiger partial charge is 0.308 e. The van der Waals surface area contributed by atoms with E-state index in [0.29, 0.717) is 0 Å². The topological polar surface area (TPSA) is 24.9 Å². The zero-order valence-corrected chi connectivity index (χ0v) is 36.6. The predicted molar refractivity (Wildman–Crippen MR) is 262 cm³/mol. The molecule has 0 aliphatic rings. The lowest BCUT2D eigenvalue weighted by Crippen LogP contribution is -2.15. The molecule has 0 atom stereocenters. The summed E-state index contributed by atoms with van der Waals surface area (Å²) in [5.41, 5.74) is 14.3. The van der Waals surface area contributed by atoms with Gasteiger partial charge >= 0.3 is 0 Å². The summed E-state index contributed by atoms with van der Waals surface area (Å²) in [5, 5.41) is 12.7. The molecule has 5 heterocycles. The Morgan fingerprint density at radius 3 is 1.49 bits per heavy atom. The highest BCUT2D eigenvalue weighted by Gasteiger charge is 2.31. The smallest absolute Gasteiger partial charge is 0.146 e. The summed E-state index contributed by atoms with van der Waals surface area (Å²) in [6.07, 6.45) is 2.18. The van der Waals surface area contributed by atoms with E-state index in [0.717, 1.165) is 28.2 Å². The first-order valence-corrected chi connectivity index (χ1v) is 21.8. The van der Waals surface area contributed by atoms with E-state index < -0.39 is 0 Å². The van der Waals surface area contributed by atoms with Gasteiger partial charge in [-0.3, -0.25) is 4.40 Å². The summed E-state index contributed by atoms with van der Waals surface area (Å²) in [7, 11) is 0. The van der Waals surface area contributed by atoms with Crippen LogP contribution in [-0.2, 0) is 16.2 Å². The minimum atomic E-state index is -0.0914. The second kappa shape index (κ2) is 12.0. The van der Waals surface area contributed by atoms with Gasteiger partial charge in [-0.15, -0.1) is 0 Å². The van der Waals surface area contributed by atoms with Gasteiger partial charge in [-0.25, -0.2) is 4.98 Å². The molecule has 12 aromatic rings. The quantitative estimate of drug-likeness (QED) is 0.178. The zero-order valence-electron chi connectivity index (χ0n) is 36.6. The van der Waals surface area contributed by atoms with Crippen LogP contribution in [0.1, 0.15) is 79.0 Å². The maximum atomic E-state index is 5.63. The van der Waals surface area contributed by atoms with E-state index >= 15 is 0 Å². The molecule has 0 bridgehead atoms. The Labute approximate surface area is 356 Å². The van der Waals surface area contributed by atoms with Gasteiger partial charge in [0.1, 0.15) is 5.65 Å². The molecule has 0 amide bonds. The average molecular weight is 791 g/mol. The number of anilines is 3. The molecule has 0 fully saturated rings. The molecule has 0 aliphatic carbocycles. The highest BCUT2D eigenvalue weighted by Crippen LogP contribution is 2.52. The predicted octanol–water partition coefficient (Wildman–Crippen LogP) is 15.9. The summed E-state index contributed by atoms with van der Waals surface area (Å²) in [6, 6.07) is 50.0. The number of pyridine rings is 1. The number of para-hydroxylation sites is 2. The fourth-order valence-electron chi connectivity index (χ4n) is 10.4. The van der Waals surface area contributed by atoms with Gasteiger partial charge in [0.25, 0.3) is 0 Å². The van der Waals surface area contributed by atoms with Crippen molar-refractivity contribution in [3.05, 3.63) is 156 Å². The Morgan fingerprint density at radius 2 is 0.885 bits per heavy atom. The summed E-state index contributed by atoms with van der Waals surface area (Å²) < 4.78 is 5.07. The standard InChI is InChI=1S/C57H50N4/c1-55(2,3)34-26-41-40-25-24-33-18-16-17-23-39(33)50(40)60-47-32-58-54-49(48(47)44(29-34)51(41)60)45-30-35(56(4,5)6)27-42-43-28-36(57(7,8)9)31-46(53(43)61(54)52(42)45)59(37-19-12-10-13-20-37)38-21-14-11-15-22-38/h10-32H,1-9H3. The van der Waals surface area contributed by atoms with E-state index in [1.165, 1.54) is 92.6 Å². The van der Waals surface area contributed by atoms with Gasteiger partial charge in [0.15, 0.2) is 0 Å². The zero-order chi connectivity index (χ0) is 41.9.